The summed E-state index contributed by atoms with van der Waals surface area (Å²) in [5, 5.41) is 2.44. The summed E-state index contributed by atoms with van der Waals surface area (Å²) in [4.78, 5) is 14.5. The van der Waals surface area contributed by atoms with E-state index in [2.05, 4.69) is 15.0 Å². The lowest BCUT2D eigenvalue weighted by molar-refractivity contribution is -0.119. The molecular formula is C5H8N2O2. The van der Waals surface area contributed by atoms with Crippen molar-refractivity contribution in [3.63, 3.8) is 0 Å². The summed E-state index contributed by atoms with van der Waals surface area (Å²) in [6, 6.07) is 0.0208. The third-order valence-electron chi connectivity index (χ3n) is 1.11. The van der Waals surface area contributed by atoms with Crippen LogP contribution in [0.4, 0.5) is 0 Å². The molecule has 1 rings (SSSR count). The highest BCUT2D eigenvalue weighted by Crippen LogP contribution is 1.97. The number of amides is 1. The van der Waals surface area contributed by atoms with Crippen LogP contribution in [-0.2, 0) is 9.53 Å². The van der Waals surface area contributed by atoms with Gasteiger partial charge >= 0.3 is 0 Å². The van der Waals surface area contributed by atoms with Crippen molar-refractivity contribution in [3.05, 3.63) is 0 Å². The molecule has 50 valence electrons. The van der Waals surface area contributed by atoms with Crippen molar-refractivity contribution in [3.8, 4) is 0 Å². The van der Waals surface area contributed by atoms with Crippen LogP contribution in [0.3, 0.4) is 0 Å². The number of hydrogen-bond donors (Lipinski definition) is 1. The lowest BCUT2D eigenvalue weighted by Gasteiger charge is -1.93. The number of ether oxygens (including phenoxy) is 1. The summed E-state index contributed by atoms with van der Waals surface area (Å²) in [5.41, 5.74) is 0. The molecule has 0 fully saturated rings. The van der Waals surface area contributed by atoms with Gasteiger partial charge in [-0.2, -0.15) is 0 Å². The van der Waals surface area contributed by atoms with E-state index in [1.54, 1.807) is 6.92 Å². The molecule has 0 aromatic rings. The zero-order chi connectivity index (χ0) is 6.85. The van der Waals surface area contributed by atoms with Crippen molar-refractivity contribution >= 4 is 11.9 Å². The summed E-state index contributed by atoms with van der Waals surface area (Å²) in [7, 11) is 1.47. The molecule has 1 atom stereocenters. The Morgan fingerprint density at radius 1 is 1.78 bits per heavy atom. The van der Waals surface area contributed by atoms with E-state index in [1.165, 1.54) is 7.11 Å². The first-order valence-corrected chi connectivity index (χ1v) is 2.66. The van der Waals surface area contributed by atoms with Crippen LogP contribution in [-0.4, -0.2) is 25.1 Å². The minimum Gasteiger partial charge on any atom is -0.468 e. The summed E-state index contributed by atoms with van der Waals surface area (Å²) >= 11 is 0. The molecule has 0 saturated heterocycles. The van der Waals surface area contributed by atoms with Gasteiger partial charge in [0.1, 0.15) is 6.04 Å². The van der Waals surface area contributed by atoms with Crippen molar-refractivity contribution in [1.82, 2.24) is 5.32 Å². The number of aliphatic imine (C=N–C) groups is 1. The summed E-state index contributed by atoms with van der Waals surface area (Å²) in [5.74, 6) is -0.105. The van der Waals surface area contributed by atoms with Crippen molar-refractivity contribution in [2.45, 2.75) is 13.0 Å². The maximum absolute atomic E-state index is 10.6. The van der Waals surface area contributed by atoms with Crippen LogP contribution >= 0.6 is 0 Å². The lowest BCUT2D eigenvalue weighted by atomic mass is 10.4. The minimum absolute atomic E-state index is 0.105. The van der Waals surface area contributed by atoms with Crippen LogP contribution in [0.2, 0.25) is 0 Å². The number of rotatable bonds is 0. The Hall–Kier alpha value is -1.06. The predicted molar refractivity (Wildman–Crippen MR) is 32.0 cm³/mol. The standard InChI is InChI=1S/C5H8N2O2/c1-3-4(8)7-5(6-3)9-2/h3H,1-2H3,(H,6,7,8). The van der Waals surface area contributed by atoms with Gasteiger partial charge in [0.25, 0.3) is 11.9 Å². The topological polar surface area (TPSA) is 50.7 Å². The predicted octanol–water partition coefficient (Wildman–Crippen LogP) is -0.493. The Morgan fingerprint density at radius 3 is 2.67 bits per heavy atom. The molecule has 1 heterocycles. The molecule has 1 aliphatic rings. The summed E-state index contributed by atoms with van der Waals surface area (Å²) in [6.07, 6.45) is 0. The van der Waals surface area contributed by atoms with Gasteiger partial charge in [-0.05, 0) is 6.92 Å². The largest absolute Gasteiger partial charge is 0.468 e. The van der Waals surface area contributed by atoms with Gasteiger partial charge in [-0.3, -0.25) is 10.1 Å². The van der Waals surface area contributed by atoms with Crippen LogP contribution in [0.5, 0.6) is 0 Å². The van der Waals surface area contributed by atoms with Gasteiger partial charge < -0.3 is 4.74 Å². The van der Waals surface area contributed by atoms with Gasteiger partial charge in [0.05, 0.1) is 7.11 Å². The van der Waals surface area contributed by atoms with E-state index in [-0.39, 0.29) is 11.9 Å². The third-order valence-corrected chi connectivity index (χ3v) is 1.11. The van der Waals surface area contributed by atoms with E-state index in [0.29, 0.717) is 6.02 Å². The van der Waals surface area contributed by atoms with Crippen molar-refractivity contribution in [1.29, 1.82) is 0 Å². The Kier molecular flexibility index (Phi) is 1.38. The minimum atomic E-state index is -0.292. The van der Waals surface area contributed by atoms with Crippen LogP contribution in [0.1, 0.15) is 6.92 Å². The molecule has 0 radical (unpaired) electrons. The first-order valence-electron chi connectivity index (χ1n) is 2.66. The molecule has 0 bridgehead atoms. The molecule has 1 aliphatic heterocycles. The molecule has 4 heteroatoms. The Morgan fingerprint density at radius 2 is 2.44 bits per heavy atom. The Balaban J connectivity index is 2.62. The maximum atomic E-state index is 10.6. The molecule has 1 unspecified atom stereocenters. The van der Waals surface area contributed by atoms with Gasteiger partial charge in [-0.15, -0.1) is 0 Å². The number of methoxy groups -OCH3 is 1. The molecule has 0 aliphatic carbocycles. The summed E-state index contributed by atoms with van der Waals surface area (Å²) in [6.45, 7) is 1.71. The second kappa shape index (κ2) is 2.05. The molecule has 0 aromatic carbocycles. The smallest absolute Gasteiger partial charge is 0.291 e. The number of nitrogens with zero attached hydrogens (tertiary/aromatic N) is 1. The molecule has 9 heavy (non-hydrogen) atoms. The number of carbonyl (C=O) groups is 1. The average molecular weight is 128 g/mol. The number of amidine groups is 1. The molecule has 1 amide bonds. The van der Waals surface area contributed by atoms with E-state index in [0.717, 1.165) is 0 Å². The van der Waals surface area contributed by atoms with Crippen molar-refractivity contribution in [2.24, 2.45) is 4.99 Å². The van der Waals surface area contributed by atoms with Crippen LogP contribution in [0, 0.1) is 0 Å². The zero-order valence-corrected chi connectivity index (χ0v) is 5.34. The van der Waals surface area contributed by atoms with Gasteiger partial charge in [0.2, 0.25) is 0 Å². The highest BCUT2D eigenvalue weighted by atomic mass is 16.5. The number of nitrogens with one attached hydrogen (secondary N) is 1. The lowest BCUT2D eigenvalue weighted by Crippen LogP contribution is -2.28. The van der Waals surface area contributed by atoms with E-state index in [4.69, 9.17) is 0 Å². The van der Waals surface area contributed by atoms with Gasteiger partial charge in [0.15, 0.2) is 0 Å². The second-order valence-corrected chi connectivity index (χ2v) is 1.80. The average Bonchev–Trinajstić information content (AvgIpc) is 2.13. The van der Waals surface area contributed by atoms with Gasteiger partial charge in [-0.1, -0.05) is 0 Å². The first kappa shape index (κ1) is 6.07. The molecule has 1 N–H and O–H groups in total. The molecule has 0 aromatic heterocycles. The van der Waals surface area contributed by atoms with Crippen LogP contribution in [0.15, 0.2) is 4.99 Å². The van der Waals surface area contributed by atoms with Gasteiger partial charge in [0, 0.05) is 0 Å². The van der Waals surface area contributed by atoms with E-state index >= 15 is 0 Å². The quantitative estimate of drug-likeness (QED) is 0.478. The van der Waals surface area contributed by atoms with Crippen molar-refractivity contribution < 1.29 is 9.53 Å². The van der Waals surface area contributed by atoms with E-state index in [9.17, 15) is 4.79 Å². The summed E-state index contributed by atoms with van der Waals surface area (Å²) < 4.78 is 4.67. The highest BCUT2D eigenvalue weighted by Gasteiger charge is 2.21. The monoisotopic (exact) mass is 128 g/mol. The fraction of sp³-hybridized carbons (Fsp3) is 0.600. The highest BCUT2D eigenvalue weighted by molar-refractivity contribution is 6.02. The fourth-order valence-corrected chi connectivity index (χ4v) is 0.580. The Labute approximate surface area is 52.9 Å². The molecule has 0 saturated carbocycles. The van der Waals surface area contributed by atoms with E-state index in [1.807, 2.05) is 0 Å². The normalized spacial score (nSPS) is 25.3. The zero-order valence-electron chi connectivity index (χ0n) is 5.34. The Bertz CT molecular complexity index is 164. The number of carbonyl (C=O) groups excluding carboxylic acids is 1. The third kappa shape index (κ3) is 1.01. The second-order valence-electron chi connectivity index (χ2n) is 1.80. The maximum Gasteiger partial charge on any atom is 0.291 e. The van der Waals surface area contributed by atoms with Crippen LogP contribution in [0.25, 0.3) is 0 Å². The van der Waals surface area contributed by atoms with Gasteiger partial charge in [-0.25, -0.2) is 4.99 Å². The fourth-order valence-electron chi connectivity index (χ4n) is 0.580. The number of hydrogen-bond acceptors (Lipinski definition) is 3. The molecular weight excluding hydrogens is 120 g/mol. The molecule has 4 nitrogen and oxygen atoms in total. The molecule has 0 spiro atoms. The van der Waals surface area contributed by atoms with Crippen LogP contribution < -0.4 is 5.32 Å². The van der Waals surface area contributed by atoms with E-state index < -0.39 is 0 Å². The first-order chi connectivity index (χ1) is 4.24. The van der Waals surface area contributed by atoms with Crippen molar-refractivity contribution in [2.75, 3.05) is 7.11 Å². The SMILES string of the molecule is COC1=NC(C)C(=O)N1.